The molecule has 2 aliphatic rings. The average molecular weight is 435 g/mol. The van der Waals surface area contributed by atoms with E-state index in [4.69, 9.17) is 14.2 Å². The maximum atomic E-state index is 12.4. The molecule has 0 radical (unpaired) electrons. The largest absolute Gasteiger partial charge is 0.457 e. The second-order valence-corrected chi connectivity index (χ2v) is 8.77. The van der Waals surface area contributed by atoms with Crippen molar-refractivity contribution in [2.24, 2.45) is 5.92 Å². The van der Waals surface area contributed by atoms with E-state index in [2.05, 4.69) is 12.7 Å². The summed E-state index contributed by atoms with van der Waals surface area (Å²) >= 11 is 0. The van der Waals surface area contributed by atoms with Crippen LogP contribution in [0, 0.1) is 5.92 Å². The number of ether oxygens (including phenoxy) is 3. The van der Waals surface area contributed by atoms with E-state index < -0.39 is 47.7 Å². The molecule has 7 heteroatoms. The number of carbonyl (C=O) groups is 3. The Morgan fingerprint density at radius 2 is 1.87 bits per heavy atom. The zero-order valence-corrected chi connectivity index (χ0v) is 19.1. The molecule has 0 aromatic rings. The minimum Gasteiger partial charge on any atom is -0.457 e. The first-order chi connectivity index (χ1) is 14.4. The summed E-state index contributed by atoms with van der Waals surface area (Å²) in [6, 6.07) is 0. The van der Waals surface area contributed by atoms with Crippen LogP contribution in [-0.2, 0) is 28.6 Å². The van der Waals surface area contributed by atoms with E-state index in [9.17, 15) is 19.5 Å². The number of fused-ring (bicyclic) bond motifs is 1. The normalized spacial score (nSPS) is 32.7. The SMILES string of the molecule is C=C1C(=O)O[C@@H]2[C@@H]1C[C@H](O)[C@@](C)(OC(C)=O)CCC=C(C)CCC=C(C)[C@@H]2OC(C)=O. The highest BCUT2D eigenvalue weighted by molar-refractivity contribution is 5.91. The van der Waals surface area contributed by atoms with Gasteiger partial charge in [0.25, 0.3) is 0 Å². The summed E-state index contributed by atoms with van der Waals surface area (Å²) in [5.41, 5.74) is 1.01. The molecular formula is C24H34O7. The van der Waals surface area contributed by atoms with Crippen LogP contribution >= 0.6 is 0 Å². The van der Waals surface area contributed by atoms with Gasteiger partial charge < -0.3 is 19.3 Å². The number of allylic oxidation sites excluding steroid dienone is 3. The molecule has 0 aromatic heterocycles. The highest BCUT2D eigenvalue weighted by atomic mass is 16.6. The lowest BCUT2D eigenvalue weighted by Crippen LogP contribution is -2.46. The molecule has 1 heterocycles. The Morgan fingerprint density at radius 3 is 2.48 bits per heavy atom. The zero-order valence-electron chi connectivity index (χ0n) is 19.1. The van der Waals surface area contributed by atoms with E-state index in [1.807, 2.05) is 19.9 Å². The maximum Gasteiger partial charge on any atom is 0.334 e. The van der Waals surface area contributed by atoms with Crippen molar-refractivity contribution in [1.29, 1.82) is 0 Å². The van der Waals surface area contributed by atoms with Crippen molar-refractivity contribution < 1.29 is 33.7 Å². The van der Waals surface area contributed by atoms with Crippen molar-refractivity contribution >= 4 is 17.9 Å². The number of rotatable bonds is 2. The van der Waals surface area contributed by atoms with Gasteiger partial charge in [-0.25, -0.2) is 4.79 Å². The summed E-state index contributed by atoms with van der Waals surface area (Å²) in [4.78, 5) is 35.9. The van der Waals surface area contributed by atoms with E-state index >= 15 is 0 Å². The summed E-state index contributed by atoms with van der Waals surface area (Å²) in [6.45, 7) is 12.0. The molecule has 1 N–H and O–H groups in total. The number of aliphatic hydroxyl groups is 1. The van der Waals surface area contributed by atoms with E-state index in [0.717, 1.165) is 18.4 Å². The van der Waals surface area contributed by atoms with Gasteiger partial charge in [0.2, 0.25) is 0 Å². The van der Waals surface area contributed by atoms with Crippen molar-refractivity contribution in [1.82, 2.24) is 0 Å². The minimum atomic E-state index is -1.15. The van der Waals surface area contributed by atoms with Crippen molar-refractivity contribution in [3.05, 3.63) is 35.5 Å². The standard InChI is InChI=1S/C24H34O7/c1-14-9-7-11-15(2)21(29-17(4)25)22-19(16(3)23(28)30-22)13-20(27)24(6,12-8-10-14)31-18(5)26/h10-11,19-22,27H,3,7-9,12-13H2,1-2,4-6H3/t19-,20+,21+,22-,24+/m1/s1. The first kappa shape index (κ1) is 24.9. The van der Waals surface area contributed by atoms with E-state index in [-0.39, 0.29) is 12.0 Å². The monoisotopic (exact) mass is 434 g/mol. The molecule has 1 fully saturated rings. The van der Waals surface area contributed by atoms with E-state index in [1.54, 1.807) is 6.92 Å². The number of hydrogen-bond acceptors (Lipinski definition) is 7. The topological polar surface area (TPSA) is 99.1 Å². The molecule has 0 aromatic carbocycles. The Balaban J connectivity index is 2.49. The molecule has 1 saturated heterocycles. The van der Waals surface area contributed by atoms with Crippen LogP contribution in [0.5, 0.6) is 0 Å². The molecule has 0 bridgehead atoms. The molecule has 31 heavy (non-hydrogen) atoms. The average Bonchev–Trinajstić information content (AvgIpc) is 2.92. The summed E-state index contributed by atoms with van der Waals surface area (Å²) in [7, 11) is 0. The lowest BCUT2D eigenvalue weighted by molar-refractivity contribution is -0.172. The van der Waals surface area contributed by atoms with Crippen LogP contribution in [-0.4, -0.2) is 46.9 Å². The third-order valence-corrected chi connectivity index (χ3v) is 6.09. The number of hydrogen-bond donors (Lipinski definition) is 1. The van der Waals surface area contributed by atoms with Gasteiger partial charge in [-0.3, -0.25) is 9.59 Å². The molecule has 172 valence electrons. The summed E-state index contributed by atoms with van der Waals surface area (Å²) in [6.07, 6.45) is 4.07. The fourth-order valence-electron chi connectivity index (χ4n) is 4.23. The van der Waals surface area contributed by atoms with Gasteiger partial charge in [-0.05, 0) is 58.4 Å². The van der Waals surface area contributed by atoms with Crippen LogP contribution < -0.4 is 0 Å². The predicted molar refractivity (Wildman–Crippen MR) is 115 cm³/mol. The summed E-state index contributed by atoms with van der Waals surface area (Å²) in [5.74, 6) is -2.16. The van der Waals surface area contributed by atoms with Crippen LogP contribution in [0.4, 0.5) is 0 Å². The van der Waals surface area contributed by atoms with E-state index in [0.29, 0.717) is 12.8 Å². The molecule has 0 unspecified atom stereocenters. The van der Waals surface area contributed by atoms with Gasteiger partial charge in [0.1, 0.15) is 11.7 Å². The molecule has 0 spiro atoms. The zero-order chi connectivity index (χ0) is 23.3. The number of esters is 3. The van der Waals surface area contributed by atoms with Crippen molar-refractivity contribution in [2.45, 2.75) is 90.6 Å². The number of carbonyl (C=O) groups excluding carboxylic acids is 3. The van der Waals surface area contributed by atoms with Gasteiger partial charge in [0, 0.05) is 25.3 Å². The summed E-state index contributed by atoms with van der Waals surface area (Å²) < 4.78 is 16.6. The maximum absolute atomic E-state index is 12.4. The van der Waals surface area contributed by atoms with Crippen molar-refractivity contribution in [3.63, 3.8) is 0 Å². The van der Waals surface area contributed by atoms with Crippen LogP contribution in [0.1, 0.15) is 66.7 Å². The van der Waals surface area contributed by atoms with Gasteiger partial charge in [-0.15, -0.1) is 0 Å². The molecule has 2 rings (SSSR count). The Hall–Kier alpha value is -2.41. The first-order valence-electron chi connectivity index (χ1n) is 10.7. The molecule has 1 aliphatic heterocycles. The Kier molecular flexibility index (Phi) is 8.23. The smallest absolute Gasteiger partial charge is 0.334 e. The third-order valence-electron chi connectivity index (χ3n) is 6.09. The van der Waals surface area contributed by atoms with Crippen LogP contribution in [0.3, 0.4) is 0 Å². The Morgan fingerprint density at radius 1 is 1.19 bits per heavy atom. The van der Waals surface area contributed by atoms with Crippen molar-refractivity contribution in [2.75, 3.05) is 0 Å². The lowest BCUT2D eigenvalue weighted by atomic mass is 9.80. The van der Waals surface area contributed by atoms with Gasteiger partial charge in [-0.1, -0.05) is 24.3 Å². The summed E-state index contributed by atoms with van der Waals surface area (Å²) in [5, 5.41) is 11.1. The first-order valence-corrected chi connectivity index (χ1v) is 10.7. The number of aliphatic hydroxyl groups excluding tert-OH is 1. The van der Waals surface area contributed by atoms with Crippen molar-refractivity contribution in [3.8, 4) is 0 Å². The molecule has 1 aliphatic carbocycles. The lowest BCUT2D eigenvalue weighted by Gasteiger charge is -2.36. The van der Waals surface area contributed by atoms with Gasteiger partial charge in [0.15, 0.2) is 6.10 Å². The Bertz CT molecular complexity index is 794. The fourth-order valence-corrected chi connectivity index (χ4v) is 4.23. The molecule has 5 atom stereocenters. The molecular weight excluding hydrogens is 400 g/mol. The third kappa shape index (κ3) is 6.29. The van der Waals surface area contributed by atoms with Gasteiger partial charge >= 0.3 is 17.9 Å². The van der Waals surface area contributed by atoms with Crippen LogP contribution in [0.2, 0.25) is 0 Å². The van der Waals surface area contributed by atoms with E-state index in [1.165, 1.54) is 19.4 Å². The highest BCUT2D eigenvalue weighted by Crippen LogP contribution is 2.39. The minimum absolute atomic E-state index is 0.0762. The van der Waals surface area contributed by atoms with Gasteiger partial charge in [0.05, 0.1) is 6.10 Å². The second-order valence-electron chi connectivity index (χ2n) is 8.77. The van der Waals surface area contributed by atoms with Crippen LogP contribution in [0.15, 0.2) is 35.5 Å². The quantitative estimate of drug-likeness (QED) is 0.307. The van der Waals surface area contributed by atoms with Gasteiger partial charge in [-0.2, -0.15) is 0 Å². The Labute approximate surface area is 184 Å². The second kappa shape index (κ2) is 10.3. The molecule has 0 amide bonds. The molecule has 0 saturated carbocycles. The molecule has 7 nitrogen and oxygen atoms in total. The fraction of sp³-hybridized carbons (Fsp3) is 0.625. The predicted octanol–water partition coefficient (Wildman–Crippen LogP) is 3.56. The highest BCUT2D eigenvalue weighted by Gasteiger charge is 2.48. The van der Waals surface area contributed by atoms with Crippen LogP contribution in [0.25, 0.3) is 0 Å².